The summed E-state index contributed by atoms with van der Waals surface area (Å²) in [5.41, 5.74) is 0.370. The van der Waals surface area contributed by atoms with Gasteiger partial charge in [0.05, 0.1) is 0 Å². The Morgan fingerprint density at radius 2 is 2.09 bits per heavy atom. The van der Waals surface area contributed by atoms with Crippen molar-refractivity contribution in [2.45, 2.75) is 44.8 Å². The van der Waals surface area contributed by atoms with Gasteiger partial charge in [-0.3, -0.25) is 19.6 Å². The summed E-state index contributed by atoms with van der Waals surface area (Å²) in [5, 5.41) is 2.93. The lowest BCUT2D eigenvalue weighted by Crippen LogP contribution is -2.49. The van der Waals surface area contributed by atoms with Gasteiger partial charge in [0.15, 0.2) is 0 Å². The van der Waals surface area contributed by atoms with Gasteiger partial charge in [-0.1, -0.05) is 6.07 Å². The maximum absolute atomic E-state index is 12.7. The molecule has 3 amide bonds. The molecule has 0 aromatic carbocycles. The quantitative estimate of drug-likeness (QED) is 0.860. The molecule has 1 N–H and O–H groups in total. The van der Waals surface area contributed by atoms with Crippen molar-refractivity contribution >= 4 is 11.9 Å². The Morgan fingerprint density at radius 3 is 2.68 bits per heavy atom. The number of pyridine rings is 1. The third kappa shape index (κ3) is 2.27. The van der Waals surface area contributed by atoms with E-state index in [9.17, 15) is 9.59 Å². The number of carbonyl (C=O) groups excluding carboxylic acids is 2. The first kappa shape index (κ1) is 15.0. The highest BCUT2D eigenvalue weighted by Gasteiger charge is 2.55. The van der Waals surface area contributed by atoms with Crippen LogP contribution < -0.4 is 5.32 Å². The summed E-state index contributed by atoms with van der Waals surface area (Å²) in [6, 6.07) is 3.75. The molecular formula is C16H22N4O2. The van der Waals surface area contributed by atoms with Crippen molar-refractivity contribution in [3.63, 3.8) is 0 Å². The molecule has 2 saturated heterocycles. The number of nitrogens with one attached hydrogen (secondary N) is 1. The lowest BCUT2D eigenvalue weighted by Gasteiger charge is -2.27. The number of urea groups is 1. The molecule has 2 aliphatic rings. The van der Waals surface area contributed by atoms with E-state index in [2.05, 4.69) is 22.1 Å². The molecular weight excluding hydrogens is 280 g/mol. The molecule has 2 unspecified atom stereocenters. The van der Waals surface area contributed by atoms with E-state index in [-0.39, 0.29) is 24.0 Å². The second kappa shape index (κ2) is 5.35. The zero-order valence-electron chi connectivity index (χ0n) is 13.2. The standard InChI is InChI=1S/C16H22N4O2/c1-11(2)20-14(21)16(18-15(20)22)6-8-19(10-16)12(3)13-5-4-7-17-9-13/h4-5,7,9,11-12H,6,8,10H2,1-3H3,(H,18,22). The van der Waals surface area contributed by atoms with Crippen LogP contribution in [0.2, 0.25) is 0 Å². The van der Waals surface area contributed by atoms with Crippen LogP contribution in [0.15, 0.2) is 24.5 Å². The highest BCUT2D eigenvalue weighted by atomic mass is 16.2. The molecule has 1 spiro atoms. The molecule has 2 aliphatic heterocycles. The van der Waals surface area contributed by atoms with E-state index in [1.165, 1.54) is 4.90 Å². The molecule has 3 heterocycles. The third-order valence-corrected chi connectivity index (χ3v) is 4.72. The van der Waals surface area contributed by atoms with E-state index >= 15 is 0 Å². The van der Waals surface area contributed by atoms with Crippen LogP contribution in [-0.2, 0) is 4.79 Å². The van der Waals surface area contributed by atoms with E-state index in [4.69, 9.17) is 0 Å². The van der Waals surface area contributed by atoms with Crippen molar-refractivity contribution in [2.24, 2.45) is 0 Å². The first-order chi connectivity index (χ1) is 10.4. The lowest BCUT2D eigenvalue weighted by molar-refractivity contribution is -0.132. The zero-order chi connectivity index (χ0) is 15.9. The van der Waals surface area contributed by atoms with Gasteiger partial charge in [0.1, 0.15) is 5.54 Å². The Labute approximate surface area is 130 Å². The Morgan fingerprint density at radius 1 is 1.32 bits per heavy atom. The summed E-state index contributed by atoms with van der Waals surface area (Å²) < 4.78 is 0. The minimum absolute atomic E-state index is 0.0895. The Balaban J connectivity index is 1.78. The molecule has 1 aromatic rings. The van der Waals surface area contributed by atoms with Crippen LogP contribution in [0, 0.1) is 0 Å². The van der Waals surface area contributed by atoms with Gasteiger partial charge in [-0.25, -0.2) is 4.79 Å². The van der Waals surface area contributed by atoms with Crippen molar-refractivity contribution < 1.29 is 9.59 Å². The molecule has 0 saturated carbocycles. The van der Waals surface area contributed by atoms with Gasteiger partial charge in [0.25, 0.3) is 5.91 Å². The summed E-state index contributed by atoms with van der Waals surface area (Å²) in [5.74, 6) is -0.0895. The van der Waals surface area contributed by atoms with Gasteiger partial charge >= 0.3 is 6.03 Å². The minimum Gasteiger partial charge on any atom is -0.322 e. The van der Waals surface area contributed by atoms with E-state index in [1.54, 1.807) is 6.20 Å². The van der Waals surface area contributed by atoms with Gasteiger partial charge < -0.3 is 5.32 Å². The number of nitrogens with zero attached hydrogens (tertiary/aromatic N) is 3. The fourth-order valence-electron chi connectivity index (χ4n) is 3.39. The first-order valence-electron chi connectivity index (χ1n) is 7.74. The van der Waals surface area contributed by atoms with Crippen LogP contribution in [0.4, 0.5) is 4.79 Å². The van der Waals surface area contributed by atoms with Crippen molar-refractivity contribution in [1.82, 2.24) is 20.1 Å². The van der Waals surface area contributed by atoms with Crippen LogP contribution >= 0.6 is 0 Å². The molecule has 118 valence electrons. The van der Waals surface area contributed by atoms with Crippen LogP contribution in [0.25, 0.3) is 0 Å². The van der Waals surface area contributed by atoms with Crippen molar-refractivity contribution in [3.05, 3.63) is 30.1 Å². The van der Waals surface area contributed by atoms with Crippen LogP contribution in [-0.4, -0.2) is 51.4 Å². The van der Waals surface area contributed by atoms with Gasteiger partial charge in [-0.05, 0) is 38.8 Å². The maximum Gasteiger partial charge on any atom is 0.325 e. The zero-order valence-corrected chi connectivity index (χ0v) is 13.2. The third-order valence-electron chi connectivity index (χ3n) is 4.72. The summed E-state index contributed by atoms with van der Waals surface area (Å²) >= 11 is 0. The van der Waals surface area contributed by atoms with E-state index in [1.807, 2.05) is 32.2 Å². The summed E-state index contributed by atoms with van der Waals surface area (Å²) in [7, 11) is 0. The second-order valence-corrected chi connectivity index (χ2v) is 6.46. The number of rotatable bonds is 3. The molecule has 2 fully saturated rings. The predicted octanol–water partition coefficient (Wildman–Crippen LogP) is 1.55. The minimum atomic E-state index is -0.752. The Kier molecular flexibility index (Phi) is 3.64. The highest BCUT2D eigenvalue weighted by molar-refractivity contribution is 6.07. The topological polar surface area (TPSA) is 65.5 Å². The van der Waals surface area contributed by atoms with E-state index in [0.29, 0.717) is 13.0 Å². The van der Waals surface area contributed by atoms with E-state index < -0.39 is 5.54 Å². The normalized spacial score (nSPS) is 27.0. The molecule has 6 heteroatoms. The van der Waals surface area contributed by atoms with Crippen molar-refractivity contribution in [3.8, 4) is 0 Å². The molecule has 0 radical (unpaired) electrons. The molecule has 22 heavy (non-hydrogen) atoms. The Bertz CT molecular complexity index is 589. The fraction of sp³-hybridized carbons (Fsp3) is 0.562. The molecule has 6 nitrogen and oxygen atoms in total. The molecule has 3 rings (SSSR count). The summed E-state index contributed by atoms with van der Waals surface area (Å²) in [6.07, 6.45) is 4.26. The van der Waals surface area contributed by atoms with Crippen LogP contribution in [0.1, 0.15) is 38.8 Å². The predicted molar refractivity (Wildman–Crippen MR) is 82.1 cm³/mol. The van der Waals surface area contributed by atoms with Crippen molar-refractivity contribution in [1.29, 1.82) is 0 Å². The average molecular weight is 302 g/mol. The van der Waals surface area contributed by atoms with E-state index in [0.717, 1.165) is 12.1 Å². The molecule has 0 bridgehead atoms. The number of aromatic nitrogens is 1. The summed E-state index contributed by atoms with van der Waals surface area (Å²) in [6.45, 7) is 7.17. The largest absolute Gasteiger partial charge is 0.325 e. The van der Waals surface area contributed by atoms with Gasteiger partial charge in [-0.2, -0.15) is 0 Å². The first-order valence-corrected chi connectivity index (χ1v) is 7.74. The number of carbonyl (C=O) groups is 2. The molecule has 2 atom stereocenters. The number of hydrogen-bond donors (Lipinski definition) is 1. The maximum atomic E-state index is 12.7. The molecule has 0 aliphatic carbocycles. The highest BCUT2D eigenvalue weighted by Crippen LogP contribution is 2.34. The monoisotopic (exact) mass is 302 g/mol. The Hall–Kier alpha value is -1.95. The molecule has 1 aromatic heterocycles. The lowest BCUT2D eigenvalue weighted by atomic mass is 9.98. The number of imide groups is 1. The van der Waals surface area contributed by atoms with Gasteiger partial charge in [0.2, 0.25) is 0 Å². The smallest absolute Gasteiger partial charge is 0.322 e. The number of hydrogen-bond acceptors (Lipinski definition) is 4. The van der Waals surface area contributed by atoms with Crippen LogP contribution in [0.5, 0.6) is 0 Å². The average Bonchev–Trinajstić information content (AvgIpc) is 3.02. The van der Waals surface area contributed by atoms with Gasteiger partial charge in [0, 0.05) is 37.6 Å². The number of likely N-dealkylation sites (tertiary alicyclic amines) is 1. The summed E-state index contributed by atoms with van der Waals surface area (Å²) in [4.78, 5) is 32.5. The van der Waals surface area contributed by atoms with Crippen molar-refractivity contribution in [2.75, 3.05) is 13.1 Å². The van der Waals surface area contributed by atoms with Crippen LogP contribution in [0.3, 0.4) is 0 Å². The number of amides is 3. The fourth-order valence-corrected chi connectivity index (χ4v) is 3.39. The SMILES string of the molecule is CC(c1cccnc1)N1CCC2(C1)NC(=O)N(C(C)C)C2=O. The van der Waals surface area contributed by atoms with Gasteiger partial charge in [-0.15, -0.1) is 0 Å². The second-order valence-electron chi connectivity index (χ2n) is 6.46.